The molecule has 0 bridgehead atoms. The maximum atomic E-state index is 13.9. The number of amides is 1. The first-order valence-corrected chi connectivity index (χ1v) is 11.0. The highest BCUT2D eigenvalue weighted by Crippen LogP contribution is 2.40. The van der Waals surface area contributed by atoms with Gasteiger partial charge < -0.3 is 23.9 Å². The highest BCUT2D eigenvalue weighted by Gasteiger charge is 2.62. The van der Waals surface area contributed by atoms with Gasteiger partial charge in [-0.2, -0.15) is 0 Å². The molecule has 3 fully saturated rings. The summed E-state index contributed by atoms with van der Waals surface area (Å²) in [6.07, 6.45) is -1.02. The van der Waals surface area contributed by atoms with E-state index in [9.17, 15) is 18.8 Å². The number of ether oxygens (including phenoxy) is 3. The lowest BCUT2D eigenvalue weighted by atomic mass is 9.89. The fraction of sp³-hybridized carbons (Fsp3) is 0.375. The van der Waals surface area contributed by atoms with Crippen LogP contribution < -0.4 is 0 Å². The van der Waals surface area contributed by atoms with E-state index in [1.54, 1.807) is 18.2 Å². The van der Waals surface area contributed by atoms with Gasteiger partial charge in [0, 0.05) is 38.0 Å². The molecule has 1 spiro atoms. The molecule has 3 aliphatic rings. The Hall–Kier alpha value is -3.50. The summed E-state index contributed by atoms with van der Waals surface area (Å²) in [6, 6.07) is 14.3. The SMILES string of the molecule is O=C1OC2N(OC1=O)C(=O)OC21CCN(CCOCc2ccc(-c3ccccc3F)cc2)CC1. The fourth-order valence-electron chi connectivity index (χ4n) is 4.46. The molecular formula is C24H23FN2O7. The van der Waals surface area contributed by atoms with Crippen molar-refractivity contribution in [1.82, 2.24) is 9.96 Å². The van der Waals surface area contributed by atoms with Crippen LogP contribution in [0.15, 0.2) is 48.5 Å². The van der Waals surface area contributed by atoms with Crippen molar-refractivity contribution < 1.29 is 37.8 Å². The zero-order valence-electron chi connectivity index (χ0n) is 18.3. The molecule has 1 unspecified atom stereocenters. The number of rotatable bonds is 6. The second-order valence-electron chi connectivity index (χ2n) is 8.47. The molecule has 1 atom stereocenters. The van der Waals surface area contributed by atoms with E-state index in [2.05, 4.69) is 4.90 Å². The van der Waals surface area contributed by atoms with Crippen molar-refractivity contribution >= 4 is 18.0 Å². The van der Waals surface area contributed by atoms with Crippen LogP contribution in [-0.4, -0.2) is 66.1 Å². The third kappa shape index (κ3) is 4.22. The van der Waals surface area contributed by atoms with Crippen LogP contribution in [0.4, 0.5) is 9.18 Å². The highest BCUT2D eigenvalue weighted by molar-refractivity contribution is 6.30. The summed E-state index contributed by atoms with van der Waals surface area (Å²) < 4.78 is 30.3. The van der Waals surface area contributed by atoms with E-state index in [1.807, 2.05) is 24.3 Å². The predicted octanol–water partition coefficient (Wildman–Crippen LogP) is 2.64. The smallest absolute Gasteiger partial charge is 0.434 e. The van der Waals surface area contributed by atoms with E-state index >= 15 is 0 Å². The number of likely N-dealkylation sites (tertiary alicyclic amines) is 1. The van der Waals surface area contributed by atoms with Crippen molar-refractivity contribution in [3.63, 3.8) is 0 Å². The lowest BCUT2D eigenvalue weighted by molar-refractivity contribution is -0.251. The van der Waals surface area contributed by atoms with Gasteiger partial charge in [0.1, 0.15) is 5.82 Å². The van der Waals surface area contributed by atoms with Crippen LogP contribution in [0.5, 0.6) is 0 Å². The molecular weight excluding hydrogens is 447 g/mol. The molecule has 2 aromatic rings. The summed E-state index contributed by atoms with van der Waals surface area (Å²) in [4.78, 5) is 41.9. The van der Waals surface area contributed by atoms with Crippen molar-refractivity contribution in [2.75, 3.05) is 26.2 Å². The Bertz CT molecular complexity index is 1100. The first-order chi connectivity index (χ1) is 16.4. The molecule has 5 rings (SSSR count). The standard InChI is InChI=1S/C24H23FN2O7/c25-19-4-2-1-3-18(19)17-7-5-16(6-8-17)15-31-14-13-26-11-9-24(10-12-26)22-27(23(30)33-24)34-21(29)20(28)32-22/h1-8,22H,9-15H2. The summed E-state index contributed by atoms with van der Waals surface area (Å²) in [5.41, 5.74) is 1.35. The Morgan fingerprint density at radius 2 is 1.74 bits per heavy atom. The van der Waals surface area contributed by atoms with Crippen LogP contribution in [0.3, 0.4) is 0 Å². The highest BCUT2D eigenvalue weighted by atomic mass is 19.1. The average molecular weight is 470 g/mol. The third-order valence-corrected chi connectivity index (χ3v) is 6.36. The van der Waals surface area contributed by atoms with Gasteiger partial charge in [0.2, 0.25) is 0 Å². The molecule has 0 N–H and O–H groups in total. The molecule has 0 aromatic heterocycles. The Kier molecular flexibility index (Phi) is 5.93. The second-order valence-corrected chi connectivity index (χ2v) is 8.47. The van der Waals surface area contributed by atoms with Crippen LogP contribution in [0.1, 0.15) is 18.4 Å². The van der Waals surface area contributed by atoms with Gasteiger partial charge in [-0.05, 0) is 17.2 Å². The van der Waals surface area contributed by atoms with Gasteiger partial charge >= 0.3 is 18.0 Å². The lowest BCUT2D eigenvalue weighted by Crippen LogP contribution is -2.57. The second kappa shape index (κ2) is 9.03. The fourth-order valence-corrected chi connectivity index (χ4v) is 4.46. The van der Waals surface area contributed by atoms with Crippen LogP contribution >= 0.6 is 0 Å². The Morgan fingerprint density at radius 1 is 1.00 bits per heavy atom. The molecule has 2 aromatic carbocycles. The topological polar surface area (TPSA) is 94.6 Å². The van der Waals surface area contributed by atoms with E-state index in [0.717, 1.165) is 11.1 Å². The van der Waals surface area contributed by atoms with Crippen LogP contribution in [0.25, 0.3) is 11.1 Å². The third-order valence-electron chi connectivity index (χ3n) is 6.36. The minimum Gasteiger partial charge on any atom is -0.434 e. The maximum Gasteiger partial charge on any atom is 0.447 e. The molecule has 178 valence electrons. The minimum atomic E-state index is -1.23. The lowest BCUT2D eigenvalue weighted by Gasteiger charge is -2.40. The van der Waals surface area contributed by atoms with Gasteiger partial charge in [-0.3, -0.25) is 0 Å². The number of hydrogen-bond donors (Lipinski definition) is 0. The molecule has 3 saturated heterocycles. The number of carbonyl (C=O) groups excluding carboxylic acids is 3. The van der Waals surface area contributed by atoms with Crippen molar-refractivity contribution in [3.05, 3.63) is 59.9 Å². The Balaban J connectivity index is 1.08. The minimum absolute atomic E-state index is 0.252. The van der Waals surface area contributed by atoms with Crippen molar-refractivity contribution in [3.8, 4) is 11.1 Å². The Morgan fingerprint density at radius 3 is 2.47 bits per heavy atom. The monoisotopic (exact) mass is 470 g/mol. The number of nitrogens with zero attached hydrogens (tertiary/aromatic N) is 2. The number of hydroxylamine groups is 2. The number of hydrogen-bond acceptors (Lipinski definition) is 8. The number of piperidine rings is 1. The number of carbonyl (C=O) groups is 3. The molecule has 34 heavy (non-hydrogen) atoms. The summed E-state index contributed by atoms with van der Waals surface area (Å²) in [5, 5.41) is 0.708. The zero-order valence-corrected chi connectivity index (χ0v) is 18.3. The van der Waals surface area contributed by atoms with Gasteiger partial charge in [-0.25, -0.2) is 18.8 Å². The summed E-state index contributed by atoms with van der Waals surface area (Å²) >= 11 is 0. The van der Waals surface area contributed by atoms with Crippen LogP contribution in [0, 0.1) is 5.82 Å². The summed E-state index contributed by atoms with van der Waals surface area (Å²) in [6.45, 7) is 2.82. The number of esters is 1. The van der Waals surface area contributed by atoms with Crippen molar-refractivity contribution in [1.29, 1.82) is 0 Å². The molecule has 0 aliphatic carbocycles. The van der Waals surface area contributed by atoms with Gasteiger partial charge in [0.05, 0.1) is 13.2 Å². The number of benzene rings is 2. The first kappa shape index (κ1) is 22.3. The number of halogens is 1. The van der Waals surface area contributed by atoms with Gasteiger partial charge in [0.15, 0.2) is 5.60 Å². The van der Waals surface area contributed by atoms with Gasteiger partial charge in [0.25, 0.3) is 6.23 Å². The van der Waals surface area contributed by atoms with E-state index < -0.39 is 29.9 Å². The summed E-state index contributed by atoms with van der Waals surface area (Å²) in [5.74, 6) is -2.61. The molecule has 0 radical (unpaired) electrons. The quantitative estimate of drug-likeness (QED) is 0.361. The Labute approximate surface area is 194 Å². The molecule has 0 saturated carbocycles. The first-order valence-electron chi connectivity index (χ1n) is 11.0. The van der Waals surface area contributed by atoms with Crippen molar-refractivity contribution in [2.24, 2.45) is 0 Å². The van der Waals surface area contributed by atoms with E-state index in [0.29, 0.717) is 56.3 Å². The van der Waals surface area contributed by atoms with Crippen molar-refractivity contribution in [2.45, 2.75) is 31.3 Å². The molecule has 3 heterocycles. The largest absolute Gasteiger partial charge is 0.447 e. The average Bonchev–Trinajstić information content (AvgIpc) is 3.09. The summed E-state index contributed by atoms with van der Waals surface area (Å²) in [7, 11) is 0. The van der Waals surface area contributed by atoms with E-state index in [1.165, 1.54) is 6.07 Å². The van der Waals surface area contributed by atoms with E-state index in [-0.39, 0.29) is 5.82 Å². The molecule has 1 amide bonds. The molecule has 9 nitrogen and oxygen atoms in total. The predicted molar refractivity (Wildman–Crippen MR) is 114 cm³/mol. The molecule has 10 heteroatoms. The van der Waals surface area contributed by atoms with Gasteiger partial charge in [-0.15, -0.1) is 0 Å². The number of fused-ring (bicyclic) bond motifs is 2. The maximum absolute atomic E-state index is 13.9. The van der Waals surface area contributed by atoms with E-state index in [4.69, 9.17) is 19.0 Å². The molecule has 3 aliphatic heterocycles. The van der Waals surface area contributed by atoms with Gasteiger partial charge in [-0.1, -0.05) is 47.5 Å². The van der Waals surface area contributed by atoms with Crippen LogP contribution in [0.2, 0.25) is 0 Å². The van der Waals surface area contributed by atoms with Crippen LogP contribution in [-0.2, 0) is 35.2 Å². The zero-order chi connectivity index (χ0) is 23.7. The normalized spacial score (nSPS) is 21.7.